The van der Waals surface area contributed by atoms with Gasteiger partial charge in [0.05, 0.1) is 17.1 Å². The Bertz CT molecular complexity index is 860. The first-order chi connectivity index (χ1) is 13.8. The molecule has 9 nitrogen and oxygen atoms in total. The quantitative estimate of drug-likeness (QED) is 0.290. The number of nitro benzene ring substituents is 1. The SMILES string of the molecule is CCCOCCOC(=O)C1=C(C)N=C(C)C(C(=O)O)C1c1cccc([N+](=O)[O-])c1. The van der Waals surface area contributed by atoms with Gasteiger partial charge in [0, 0.05) is 36.1 Å². The highest BCUT2D eigenvalue weighted by atomic mass is 16.6. The minimum absolute atomic E-state index is 0.0116. The monoisotopic (exact) mass is 404 g/mol. The second kappa shape index (κ2) is 9.92. The molecule has 9 heteroatoms. The van der Waals surface area contributed by atoms with Crippen LogP contribution in [0.2, 0.25) is 0 Å². The molecule has 2 unspecified atom stereocenters. The van der Waals surface area contributed by atoms with Gasteiger partial charge in [-0.25, -0.2) is 4.79 Å². The number of carboxylic acids is 1. The van der Waals surface area contributed by atoms with Crippen LogP contribution in [0.25, 0.3) is 0 Å². The maximum absolute atomic E-state index is 12.8. The van der Waals surface area contributed by atoms with E-state index in [2.05, 4.69) is 4.99 Å². The average molecular weight is 404 g/mol. The van der Waals surface area contributed by atoms with Gasteiger partial charge in [0.15, 0.2) is 0 Å². The summed E-state index contributed by atoms with van der Waals surface area (Å²) < 4.78 is 10.6. The number of hydrogen-bond donors (Lipinski definition) is 1. The molecule has 0 bridgehead atoms. The van der Waals surface area contributed by atoms with Crippen LogP contribution >= 0.6 is 0 Å². The molecular weight excluding hydrogens is 380 g/mol. The summed E-state index contributed by atoms with van der Waals surface area (Å²) in [6.45, 7) is 5.89. The Morgan fingerprint density at radius 2 is 1.97 bits per heavy atom. The van der Waals surface area contributed by atoms with E-state index >= 15 is 0 Å². The number of nitrogens with zero attached hydrogens (tertiary/aromatic N) is 2. The number of hydrogen-bond acceptors (Lipinski definition) is 7. The van der Waals surface area contributed by atoms with Crippen molar-refractivity contribution in [2.24, 2.45) is 10.9 Å². The molecule has 1 aromatic carbocycles. The van der Waals surface area contributed by atoms with E-state index in [1.165, 1.54) is 18.2 Å². The summed E-state index contributed by atoms with van der Waals surface area (Å²) >= 11 is 0. The summed E-state index contributed by atoms with van der Waals surface area (Å²) in [6, 6.07) is 5.62. The lowest BCUT2D eigenvalue weighted by Gasteiger charge is -2.30. The van der Waals surface area contributed by atoms with E-state index in [1.54, 1.807) is 19.9 Å². The molecule has 0 saturated carbocycles. The van der Waals surface area contributed by atoms with E-state index in [0.29, 0.717) is 23.6 Å². The zero-order chi connectivity index (χ0) is 21.6. The number of nitro groups is 1. The number of carbonyl (C=O) groups is 2. The van der Waals surface area contributed by atoms with E-state index in [-0.39, 0.29) is 24.5 Å². The summed E-state index contributed by atoms with van der Waals surface area (Å²) in [4.78, 5) is 39.6. The summed E-state index contributed by atoms with van der Waals surface area (Å²) in [5.41, 5.74) is 0.879. The molecule has 29 heavy (non-hydrogen) atoms. The topological polar surface area (TPSA) is 128 Å². The molecule has 0 amide bonds. The van der Waals surface area contributed by atoms with E-state index < -0.39 is 28.7 Å². The fourth-order valence-electron chi connectivity index (χ4n) is 3.33. The molecule has 0 spiro atoms. The zero-order valence-electron chi connectivity index (χ0n) is 16.6. The van der Waals surface area contributed by atoms with Crippen LogP contribution in [0.4, 0.5) is 5.69 Å². The largest absolute Gasteiger partial charge is 0.481 e. The van der Waals surface area contributed by atoms with Crippen molar-refractivity contribution in [1.82, 2.24) is 0 Å². The first-order valence-electron chi connectivity index (χ1n) is 9.25. The maximum Gasteiger partial charge on any atom is 0.336 e. The van der Waals surface area contributed by atoms with Crippen molar-refractivity contribution in [3.05, 3.63) is 51.2 Å². The summed E-state index contributed by atoms with van der Waals surface area (Å²) in [5, 5.41) is 20.9. The third kappa shape index (κ3) is 5.26. The maximum atomic E-state index is 12.8. The Hall–Kier alpha value is -3.07. The molecular formula is C20H24N2O7. The predicted molar refractivity (Wildman–Crippen MR) is 105 cm³/mol. The molecule has 156 valence electrons. The minimum atomic E-state index is -1.17. The smallest absolute Gasteiger partial charge is 0.336 e. The van der Waals surface area contributed by atoms with E-state index in [1.807, 2.05) is 6.92 Å². The highest BCUT2D eigenvalue weighted by molar-refractivity contribution is 6.06. The Morgan fingerprint density at radius 1 is 1.24 bits per heavy atom. The number of carbonyl (C=O) groups excluding carboxylic acids is 1. The van der Waals surface area contributed by atoms with Gasteiger partial charge in [0.25, 0.3) is 5.69 Å². The van der Waals surface area contributed by atoms with Gasteiger partial charge < -0.3 is 14.6 Å². The summed E-state index contributed by atoms with van der Waals surface area (Å²) in [7, 11) is 0. The van der Waals surface area contributed by atoms with Gasteiger partial charge in [-0.15, -0.1) is 0 Å². The fourth-order valence-corrected chi connectivity index (χ4v) is 3.33. The van der Waals surface area contributed by atoms with Gasteiger partial charge >= 0.3 is 11.9 Å². The van der Waals surface area contributed by atoms with Gasteiger partial charge in [-0.1, -0.05) is 19.1 Å². The lowest BCUT2D eigenvalue weighted by molar-refractivity contribution is -0.384. The van der Waals surface area contributed by atoms with Crippen LogP contribution in [-0.2, 0) is 19.1 Å². The predicted octanol–water partition coefficient (Wildman–Crippen LogP) is 3.10. The number of benzene rings is 1. The normalized spacial score (nSPS) is 18.9. The van der Waals surface area contributed by atoms with Gasteiger partial charge in [-0.3, -0.25) is 19.9 Å². The van der Waals surface area contributed by atoms with Gasteiger partial charge in [0.1, 0.15) is 12.5 Å². The number of aliphatic imine (C=N–C) groups is 1. The molecule has 0 aromatic heterocycles. The molecule has 1 aliphatic rings. The molecule has 0 radical (unpaired) electrons. The van der Waals surface area contributed by atoms with Crippen LogP contribution < -0.4 is 0 Å². The molecule has 2 rings (SSSR count). The first kappa shape index (κ1) is 22.2. The van der Waals surface area contributed by atoms with Crippen molar-refractivity contribution in [2.75, 3.05) is 19.8 Å². The Balaban J connectivity index is 2.42. The number of non-ortho nitro benzene ring substituents is 1. The molecule has 1 aromatic rings. The van der Waals surface area contributed by atoms with Crippen molar-refractivity contribution in [3.8, 4) is 0 Å². The number of ether oxygens (including phenoxy) is 2. The van der Waals surface area contributed by atoms with Crippen LogP contribution in [0.15, 0.2) is 40.5 Å². The lowest BCUT2D eigenvalue weighted by Crippen LogP contribution is -2.35. The molecule has 2 atom stereocenters. The van der Waals surface area contributed by atoms with Crippen molar-refractivity contribution in [3.63, 3.8) is 0 Å². The number of carboxylic acid groups (broad SMARTS) is 1. The number of aliphatic carboxylic acids is 1. The highest BCUT2D eigenvalue weighted by Crippen LogP contribution is 2.40. The zero-order valence-corrected chi connectivity index (χ0v) is 16.6. The van der Waals surface area contributed by atoms with E-state index in [0.717, 1.165) is 6.42 Å². The Labute approximate surface area is 168 Å². The number of esters is 1. The van der Waals surface area contributed by atoms with Gasteiger partial charge in [-0.2, -0.15) is 0 Å². The Morgan fingerprint density at radius 3 is 2.59 bits per heavy atom. The molecule has 1 aliphatic heterocycles. The summed E-state index contributed by atoms with van der Waals surface area (Å²) in [5.74, 6) is -3.97. The van der Waals surface area contributed by atoms with Crippen LogP contribution in [0.5, 0.6) is 0 Å². The Kier molecular flexibility index (Phi) is 7.60. The molecule has 0 saturated heterocycles. The molecule has 0 fully saturated rings. The molecule has 0 aliphatic carbocycles. The van der Waals surface area contributed by atoms with Crippen molar-refractivity contribution in [1.29, 1.82) is 0 Å². The van der Waals surface area contributed by atoms with Crippen LogP contribution in [0.3, 0.4) is 0 Å². The van der Waals surface area contributed by atoms with Crippen LogP contribution in [0, 0.1) is 16.0 Å². The van der Waals surface area contributed by atoms with E-state index in [4.69, 9.17) is 9.47 Å². The van der Waals surface area contributed by atoms with Crippen molar-refractivity contribution >= 4 is 23.3 Å². The number of rotatable bonds is 9. The molecule has 1 heterocycles. The van der Waals surface area contributed by atoms with E-state index in [9.17, 15) is 24.8 Å². The van der Waals surface area contributed by atoms with Crippen LogP contribution in [0.1, 0.15) is 38.7 Å². The van der Waals surface area contributed by atoms with Crippen molar-refractivity contribution in [2.45, 2.75) is 33.1 Å². The lowest BCUT2D eigenvalue weighted by atomic mass is 9.75. The number of allylic oxidation sites excluding steroid dienone is 1. The average Bonchev–Trinajstić information content (AvgIpc) is 2.66. The second-order valence-corrected chi connectivity index (χ2v) is 6.65. The standard InChI is InChI=1S/C20H24N2O7/c1-4-8-28-9-10-29-20(25)17-13(3)21-12(2)16(19(23)24)18(17)14-6-5-7-15(11-14)22(26)27/h5-7,11,16,18H,4,8-10H2,1-3H3,(H,23,24). The minimum Gasteiger partial charge on any atom is -0.481 e. The fraction of sp³-hybridized carbons (Fsp3) is 0.450. The third-order valence-electron chi connectivity index (χ3n) is 4.56. The third-order valence-corrected chi connectivity index (χ3v) is 4.56. The highest BCUT2D eigenvalue weighted by Gasteiger charge is 2.42. The van der Waals surface area contributed by atoms with Gasteiger partial charge in [0.2, 0.25) is 0 Å². The van der Waals surface area contributed by atoms with Crippen molar-refractivity contribution < 1.29 is 29.1 Å². The second-order valence-electron chi connectivity index (χ2n) is 6.65. The molecule has 1 N–H and O–H groups in total. The summed E-state index contributed by atoms with van der Waals surface area (Å²) in [6.07, 6.45) is 0.835. The first-order valence-corrected chi connectivity index (χ1v) is 9.25. The van der Waals surface area contributed by atoms with Gasteiger partial charge in [-0.05, 0) is 25.8 Å². The van der Waals surface area contributed by atoms with Crippen LogP contribution in [-0.4, -0.2) is 47.5 Å².